The van der Waals surface area contributed by atoms with Crippen LogP contribution >= 0.6 is 0 Å². The van der Waals surface area contributed by atoms with Gasteiger partial charge in [-0.1, -0.05) is 0 Å². The summed E-state index contributed by atoms with van der Waals surface area (Å²) in [6.45, 7) is 1.62. The fourth-order valence-electron chi connectivity index (χ4n) is 1.64. The predicted molar refractivity (Wildman–Crippen MR) is 50.2 cm³/mol. The average molecular weight is 176 g/mol. The molecule has 0 saturated heterocycles. The summed E-state index contributed by atoms with van der Waals surface area (Å²) in [4.78, 5) is 4.54. The molecule has 0 amide bonds. The summed E-state index contributed by atoms with van der Waals surface area (Å²) in [5.74, 6) is 2.54. The lowest BCUT2D eigenvalue weighted by Crippen LogP contribution is -2.19. The van der Waals surface area contributed by atoms with Gasteiger partial charge < -0.3 is 10.1 Å². The number of anilines is 1. The summed E-state index contributed by atoms with van der Waals surface area (Å²) in [6.07, 6.45) is 2.60. The standard InChI is InChI=1S/C10H12N2O/c1-2-7(1)8-3-4-9-10(12-8)11-5-6-13-9/h3-4,7H,1-2,5-6H2,(H,11,12). The molecule has 0 spiro atoms. The summed E-state index contributed by atoms with van der Waals surface area (Å²) in [5.41, 5.74) is 1.22. The van der Waals surface area contributed by atoms with Crippen LogP contribution in [0.25, 0.3) is 0 Å². The Hall–Kier alpha value is -1.25. The van der Waals surface area contributed by atoms with E-state index in [9.17, 15) is 0 Å². The Balaban J connectivity index is 1.98. The van der Waals surface area contributed by atoms with E-state index in [2.05, 4.69) is 16.4 Å². The van der Waals surface area contributed by atoms with Gasteiger partial charge >= 0.3 is 0 Å². The first kappa shape index (κ1) is 7.18. The van der Waals surface area contributed by atoms with E-state index in [0.717, 1.165) is 24.7 Å². The fourth-order valence-corrected chi connectivity index (χ4v) is 1.64. The van der Waals surface area contributed by atoms with Crippen LogP contribution in [0.1, 0.15) is 24.5 Å². The number of hydrogen-bond donors (Lipinski definition) is 1. The van der Waals surface area contributed by atoms with Crippen LogP contribution in [0.5, 0.6) is 5.75 Å². The third-order valence-electron chi connectivity index (χ3n) is 2.53. The second-order valence-electron chi connectivity index (χ2n) is 3.63. The molecule has 1 fully saturated rings. The zero-order valence-electron chi connectivity index (χ0n) is 7.42. The summed E-state index contributed by atoms with van der Waals surface area (Å²) < 4.78 is 5.45. The van der Waals surface area contributed by atoms with Gasteiger partial charge in [0.1, 0.15) is 6.61 Å². The van der Waals surface area contributed by atoms with E-state index in [1.165, 1.54) is 18.5 Å². The van der Waals surface area contributed by atoms with Crippen molar-refractivity contribution in [2.45, 2.75) is 18.8 Å². The van der Waals surface area contributed by atoms with E-state index in [1.54, 1.807) is 0 Å². The van der Waals surface area contributed by atoms with Crippen molar-refractivity contribution in [3.63, 3.8) is 0 Å². The van der Waals surface area contributed by atoms with Gasteiger partial charge in [0.05, 0.1) is 6.54 Å². The van der Waals surface area contributed by atoms with Crippen molar-refractivity contribution in [3.8, 4) is 5.75 Å². The van der Waals surface area contributed by atoms with Crippen molar-refractivity contribution in [2.75, 3.05) is 18.5 Å². The Bertz CT molecular complexity index is 334. The molecule has 0 bridgehead atoms. The van der Waals surface area contributed by atoms with Gasteiger partial charge in [0.2, 0.25) is 0 Å². The largest absolute Gasteiger partial charge is 0.488 e. The summed E-state index contributed by atoms with van der Waals surface area (Å²) in [5, 5.41) is 3.25. The van der Waals surface area contributed by atoms with Crippen LogP contribution < -0.4 is 10.1 Å². The highest BCUT2D eigenvalue weighted by atomic mass is 16.5. The molecular weight excluding hydrogens is 164 g/mol. The molecule has 3 rings (SSSR count). The smallest absolute Gasteiger partial charge is 0.169 e. The Kier molecular flexibility index (Phi) is 1.45. The van der Waals surface area contributed by atoms with Crippen molar-refractivity contribution < 1.29 is 4.74 Å². The molecule has 0 radical (unpaired) electrons. The van der Waals surface area contributed by atoms with Crippen LogP contribution in [0.15, 0.2) is 12.1 Å². The SMILES string of the molecule is c1cc2c(nc1C1CC1)NCCO2. The van der Waals surface area contributed by atoms with E-state index >= 15 is 0 Å². The molecule has 68 valence electrons. The topological polar surface area (TPSA) is 34.2 Å². The number of rotatable bonds is 1. The maximum atomic E-state index is 5.45. The number of pyridine rings is 1. The van der Waals surface area contributed by atoms with Crippen molar-refractivity contribution in [1.82, 2.24) is 4.98 Å². The minimum absolute atomic E-state index is 0.717. The molecule has 1 aromatic rings. The van der Waals surface area contributed by atoms with Crippen LogP contribution in [0.2, 0.25) is 0 Å². The van der Waals surface area contributed by atoms with Gasteiger partial charge in [0.25, 0.3) is 0 Å². The van der Waals surface area contributed by atoms with E-state index < -0.39 is 0 Å². The summed E-state index contributed by atoms with van der Waals surface area (Å²) >= 11 is 0. The molecular formula is C10H12N2O. The second kappa shape index (κ2) is 2.62. The van der Waals surface area contributed by atoms with E-state index in [0.29, 0.717) is 5.92 Å². The molecule has 2 heterocycles. The molecule has 3 heteroatoms. The first-order chi connectivity index (χ1) is 6.43. The quantitative estimate of drug-likeness (QED) is 0.708. The number of nitrogens with zero attached hydrogens (tertiary/aromatic N) is 1. The minimum atomic E-state index is 0.717. The molecule has 3 nitrogen and oxygen atoms in total. The first-order valence-corrected chi connectivity index (χ1v) is 4.81. The van der Waals surface area contributed by atoms with Crippen LogP contribution in [-0.4, -0.2) is 18.1 Å². The molecule has 0 atom stereocenters. The van der Waals surface area contributed by atoms with Gasteiger partial charge in [0.15, 0.2) is 11.6 Å². The number of fused-ring (bicyclic) bond motifs is 1. The minimum Gasteiger partial charge on any atom is -0.488 e. The van der Waals surface area contributed by atoms with Crippen molar-refractivity contribution in [3.05, 3.63) is 17.8 Å². The highest BCUT2D eigenvalue weighted by molar-refractivity contribution is 5.52. The van der Waals surface area contributed by atoms with Crippen molar-refractivity contribution >= 4 is 5.82 Å². The zero-order chi connectivity index (χ0) is 8.67. The van der Waals surface area contributed by atoms with Gasteiger partial charge in [-0.2, -0.15) is 0 Å². The molecule has 1 aliphatic heterocycles. The average Bonchev–Trinajstić information content (AvgIpc) is 3.00. The van der Waals surface area contributed by atoms with Crippen molar-refractivity contribution in [2.24, 2.45) is 0 Å². The molecule has 1 aromatic heterocycles. The maximum Gasteiger partial charge on any atom is 0.169 e. The van der Waals surface area contributed by atoms with E-state index in [-0.39, 0.29) is 0 Å². The van der Waals surface area contributed by atoms with Gasteiger partial charge in [-0.15, -0.1) is 0 Å². The van der Waals surface area contributed by atoms with Crippen LogP contribution in [0.4, 0.5) is 5.82 Å². The lowest BCUT2D eigenvalue weighted by molar-refractivity contribution is 0.321. The Morgan fingerprint density at radius 1 is 1.38 bits per heavy atom. The lowest BCUT2D eigenvalue weighted by Gasteiger charge is -2.18. The molecule has 1 aliphatic carbocycles. The molecule has 1 N–H and O–H groups in total. The third-order valence-corrected chi connectivity index (χ3v) is 2.53. The summed E-state index contributed by atoms with van der Waals surface area (Å²) in [6, 6.07) is 4.12. The Morgan fingerprint density at radius 2 is 2.31 bits per heavy atom. The van der Waals surface area contributed by atoms with Crippen LogP contribution in [0, 0.1) is 0 Å². The number of aromatic nitrogens is 1. The molecule has 1 saturated carbocycles. The molecule has 2 aliphatic rings. The zero-order valence-corrected chi connectivity index (χ0v) is 7.42. The first-order valence-electron chi connectivity index (χ1n) is 4.81. The third kappa shape index (κ3) is 1.24. The van der Waals surface area contributed by atoms with Crippen LogP contribution in [0.3, 0.4) is 0 Å². The predicted octanol–water partition coefficient (Wildman–Crippen LogP) is 1.76. The number of nitrogens with one attached hydrogen (secondary N) is 1. The van der Waals surface area contributed by atoms with Gasteiger partial charge in [0, 0.05) is 11.6 Å². The number of ether oxygens (including phenoxy) is 1. The lowest BCUT2D eigenvalue weighted by atomic mass is 10.2. The molecule has 13 heavy (non-hydrogen) atoms. The Morgan fingerprint density at radius 3 is 3.15 bits per heavy atom. The van der Waals surface area contributed by atoms with E-state index in [1.807, 2.05) is 6.07 Å². The van der Waals surface area contributed by atoms with Gasteiger partial charge in [-0.25, -0.2) is 4.98 Å². The Labute approximate surface area is 77.1 Å². The second-order valence-corrected chi connectivity index (χ2v) is 3.63. The molecule has 0 unspecified atom stereocenters. The normalized spacial score (nSPS) is 20.0. The van der Waals surface area contributed by atoms with Crippen molar-refractivity contribution in [1.29, 1.82) is 0 Å². The summed E-state index contributed by atoms with van der Waals surface area (Å²) in [7, 11) is 0. The number of hydrogen-bond acceptors (Lipinski definition) is 3. The molecule has 0 aromatic carbocycles. The monoisotopic (exact) mass is 176 g/mol. The highest BCUT2D eigenvalue weighted by Gasteiger charge is 2.26. The highest BCUT2D eigenvalue weighted by Crippen LogP contribution is 2.40. The maximum absolute atomic E-state index is 5.45. The fraction of sp³-hybridized carbons (Fsp3) is 0.500. The van der Waals surface area contributed by atoms with E-state index in [4.69, 9.17) is 4.74 Å². The van der Waals surface area contributed by atoms with Gasteiger partial charge in [-0.05, 0) is 25.0 Å². The van der Waals surface area contributed by atoms with Crippen LogP contribution in [-0.2, 0) is 0 Å². The van der Waals surface area contributed by atoms with Gasteiger partial charge in [-0.3, -0.25) is 0 Å².